The monoisotopic (exact) mass is 403 g/mol. The number of nitrogens with zero attached hydrogens (tertiary/aromatic N) is 3. The number of amides is 1. The summed E-state index contributed by atoms with van der Waals surface area (Å²) >= 11 is 5.21. The van der Waals surface area contributed by atoms with Gasteiger partial charge in [0.2, 0.25) is 0 Å². The third-order valence-corrected chi connectivity index (χ3v) is 5.18. The average molecular weight is 404 g/mol. The molecule has 29 heavy (non-hydrogen) atoms. The minimum absolute atomic E-state index is 0.173. The average Bonchev–Trinajstić information content (AvgIpc) is 3.11. The Labute approximate surface area is 173 Å². The molecule has 0 saturated carbocycles. The second kappa shape index (κ2) is 7.97. The van der Waals surface area contributed by atoms with Crippen LogP contribution in [0.4, 0.5) is 0 Å². The van der Waals surface area contributed by atoms with E-state index in [4.69, 9.17) is 17.2 Å². The SMILES string of the molecule is CCn1c(CNC(=O)c2cc(-c3ccc(C)cc3)nc3ccccc23)n[nH]c1=S. The summed E-state index contributed by atoms with van der Waals surface area (Å²) in [5, 5.41) is 10.8. The van der Waals surface area contributed by atoms with E-state index in [1.54, 1.807) is 0 Å². The van der Waals surface area contributed by atoms with E-state index in [1.807, 2.05) is 73.0 Å². The summed E-state index contributed by atoms with van der Waals surface area (Å²) in [5.41, 5.74) is 4.29. The number of fused-ring (bicyclic) bond motifs is 1. The molecule has 0 fully saturated rings. The van der Waals surface area contributed by atoms with Crippen LogP contribution in [0.2, 0.25) is 0 Å². The molecule has 0 saturated heterocycles. The zero-order valence-corrected chi connectivity index (χ0v) is 17.1. The highest BCUT2D eigenvalue weighted by atomic mass is 32.1. The molecule has 0 bridgehead atoms. The number of carbonyl (C=O) groups is 1. The van der Waals surface area contributed by atoms with E-state index in [9.17, 15) is 4.79 Å². The highest BCUT2D eigenvalue weighted by molar-refractivity contribution is 7.71. The number of benzene rings is 2. The topological polar surface area (TPSA) is 75.6 Å². The number of para-hydroxylation sites is 1. The molecule has 7 heteroatoms. The Morgan fingerprint density at radius 1 is 1.17 bits per heavy atom. The molecule has 4 rings (SSSR count). The van der Waals surface area contributed by atoms with Gasteiger partial charge in [0.15, 0.2) is 10.6 Å². The molecular weight excluding hydrogens is 382 g/mol. The van der Waals surface area contributed by atoms with Gasteiger partial charge in [0.25, 0.3) is 5.91 Å². The molecule has 0 aliphatic rings. The number of aromatic nitrogens is 4. The van der Waals surface area contributed by atoms with Crippen LogP contribution in [0.1, 0.15) is 28.7 Å². The first-order valence-corrected chi connectivity index (χ1v) is 9.86. The lowest BCUT2D eigenvalue weighted by atomic mass is 10.0. The summed E-state index contributed by atoms with van der Waals surface area (Å²) in [6.07, 6.45) is 0. The van der Waals surface area contributed by atoms with Crippen molar-refractivity contribution in [2.75, 3.05) is 0 Å². The van der Waals surface area contributed by atoms with E-state index >= 15 is 0 Å². The quantitative estimate of drug-likeness (QED) is 0.484. The van der Waals surface area contributed by atoms with E-state index in [0.717, 1.165) is 22.2 Å². The van der Waals surface area contributed by atoms with Crippen LogP contribution in [0.3, 0.4) is 0 Å². The Bertz CT molecular complexity index is 1240. The van der Waals surface area contributed by atoms with Gasteiger partial charge in [-0.05, 0) is 38.2 Å². The van der Waals surface area contributed by atoms with Gasteiger partial charge < -0.3 is 9.88 Å². The van der Waals surface area contributed by atoms with Crippen LogP contribution in [0, 0.1) is 11.7 Å². The van der Waals surface area contributed by atoms with Crippen molar-refractivity contribution in [2.24, 2.45) is 0 Å². The number of H-pyrrole nitrogens is 1. The predicted molar refractivity (Wildman–Crippen MR) is 116 cm³/mol. The van der Waals surface area contributed by atoms with E-state index in [0.29, 0.717) is 22.7 Å². The van der Waals surface area contributed by atoms with Crippen molar-refractivity contribution in [1.29, 1.82) is 0 Å². The third-order valence-electron chi connectivity index (χ3n) is 4.87. The molecule has 6 nitrogen and oxygen atoms in total. The summed E-state index contributed by atoms with van der Waals surface area (Å²) in [4.78, 5) is 17.8. The molecule has 1 amide bonds. The standard InChI is InChI=1S/C22H21N5OS/c1-3-27-20(25-26-22(27)29)13-23-21(28)17-12-19(15-10-8-14(2)9-11-15)24-18-7-5-4-6-16(17)18/h4-12H,3,13H2,1-2H3,(H,23,28)(H,26,29). The first-order valence-electron chi connectivity index (χ1n) is 9.46. The molecule has 0 aliphatic heterocycles. The van der Waals surface area contributed by atoms with Crippen LogP contribution >= 0.6 is 12.2 Å². The Hall–Kier alpha value is -3.32. The molecule has 4 aromatic rings. The number of hydrogen-bond acceptors (Lipinski definition) is 4. The van der Waals surface area contributed by atoms with E-state index < -0.39 is 0 Å². The van der Waals surface area contributed by atoms with Crippen molar-refractivity contribution in [3.05, 3.63) is 76.3 Å². The van der Waals surface area contributed by atoms with Crippen LogP contribution in [0.5, 0.6) is 0 Å². The maximum absolute atomic E-state index is 13.1. The number of pyridine rings is 1. The summed E-state index contributed by atoms with van der Waals surface area (Å²) in [6, 6.07) is 17.6. The minimum Gasteiger partial charge on any atom is -0.345 e. The van der Waals surface area contributed by atoms with Gasteiger partial charge in [-0.2, -0.15) is 5.10 Å². The van der Waals surface area contributed by atoms with Crippen LogP contribution in [-0.4, -0.2) is 25.7 Å². The number of aromatic amines is 1. The normalized spacial score (nSPS) is 11.0. The molecular formula is C22H21N5OS. The summed E-state index contributed by atoms with van der Waals surface area (Å²) in [5.74, 6) is 0.525. The maximum Gasteiger partial charge on any atom is 0.252 e. The second-order valence-electron chi connectivity index (χ2n) is 6.81. The Balaban J connectivity index is 1.70. The van der Waals surface area contributed by atoms with Crippen molar-refractivity contribution in [1.82, 2.24) is 25.1 Å². The first kappa shape index (κ1) is 19.0. The van der Waals surface area contributed by atoms with Crippen LogP contribution in [0.25, 0.3) is 22.2 Å². The van der Waals surface area contributed by atoms with Gasteiger partial charge in [-0.15, -0.1) is 0 Å². The fraction of sp³-hybridized carbons (Fsp3) is 0.182. The van der Waals surface area contributed by atoms with Crippen molar-refractivity contribution in [3.63, 3.8) is 0 Å². The molecule has 0 unspecified atom stereocenters. The molecule has 2 aromatic carbocycles. The van der Waals surface area contributed by atoms with Crippen LogP contribution < -0.4 is 5.32 Å². The maximum atomic E-state index is 13.1. The fourth-order valence-corrected chi connectivity index (χ4v) is 3.58. The summed E-state index contributed by atoms with van der Waals surface area (Å²) in [6.45, 7) is 5.01. The van der Waals surface area contributed by atoms with Crippen molar-refractivity contribution < 1.29 is 4.79 Å². The predicted octanol–water partition coefficient (Wildman–Crippen LogP) is 4.41. The lowest BCUT2D eigenvalue weighted by Gasteiger charge is -2.11. The van der Waals surface area contributed by atoms with Gasteiger partial charge >= 0.3 is 0 Å². The van der Waals surface area contributed by atoms with Crippen molar-refractivity contribution in [2.45, 2.75) is 26.9 Å². The van der Waals surface area contributed by atoms with Gasteiger partial charge in [0.1, 0.15) is 0 Å². The molecule has 146 valence electrons. The number of nitrogens with one attached hydrogen (secondary N) is 2. The highest BCUT2D eigenvalue weighted by Gasteiger charge is 2.15. The minimum atomic E-state index is -0.173. The molecule has 0 radical (unpaired) electrons. The van der Waals surface area contributed by atoms with Gasteiger partial charge in [-0.25, -0.2) is 4.98 Å². The Morgan fingerprint density at radius 3 is 2.69 bits per heavy atom. The number of rotatable bonds is 5. The van der Waals surface area contributed by atoms with Gasteiger partial charge in [-0.3, -0.25) is 9.89 Å². The van der Waals surface area contributed by atoms with Gasteiger partial charge in [0.05, 0.1) is 23.3 Å². The first-order chi connectivity index (χ1) is 14.1. The lowest BCUT2D eigenvalue weighted by molar-refractivity contribution is 0.0951. The number of carbonyl (C=O) groups excluding carboxylic acids is 1. The zero-order chi connectivity index (χ0) is 20.4. The highest BCUT2D eigenvalue weighted by Crippen LogP contribution is 2.25. The van der Waals surface area contributed by atoms with Crippen molar-refractivity contribution in [3.8, 4) is 11.3 Å². The Morgan fingerprint density at radius 2 is 1.93 bits per heavy atom. The molecule has 0 aliphatic carbocycles. The second-order valence-corrected chi connectivity index (χ2v) is 7.20. The van der Waals surface area contributed by atoms with E-state index in [-0.39, 0.29) is 12.5 Å². The fourth-order valence-electron chi connectivity index (χ4n) is 3.30. The Kier molecular flexibility index (Phi) is 5.22. The van der Waals surface area contributed by atoms with E-state index in [2.05, 4.69) is 15.5 Å². The number of hydrogen-bond donors (Lipinski definition) is 2. The largest absolute Gasteiger partial charge is 0.345 e. The summed E-state index contributed by atoms with van der Waals surface area (Å²) < 4.78 is 2.41. The lowest BCUT2D eigenvalue weighted by Crippen LogP contribution is -2.25. The van der Waals surface area contributed by atoms with Gasteiger partial charge in [0, 0.05) is 17.5 Å². The summed E-state index contributed by atoms with van der Waals surface area (Å²) in [7, 11) is 0. The molecule has 2 heterocycles. The van der Waals surface area contributed by atoms with Crippen molar-refractivity contribution >= 4 is 29.0 Å². The molecule has 0 spiro atoms. The van der Waals surface area contributed by atoms with Crippen LogP contribution in [-0.2, 0) is 13.1 Å². The smallest absolute Gasteiger partial charge is 0.252 e. The van der Waals surface area contributed by atoms with E-state index in [1.165, 1.54) is 5.56 Å². The van der Waals surface area contributed by atoms with Crippen LogP contribution in [0.15, 0.2) is 54.6 Å². The zero-order valence-electron chi connectivity index (χ0n) is 16.3. The number of aryl methyl sites for hydroxylation is 1. The molecule has 2 aromatic heterocycles. The van der Waals surface area contributed by atoms with Gasteiger partial charge in [-0.1, -0.05) is 48.0 Å². The third kappa shape index (κ3) is 3.82. The molecule has 2 N–H and O–H groups in total. The molecule has 0 atom stereocenters.